The Morgan fingerprint density at radius 1 is 1.38 bits per heavy atom. The van der Waals surface area contributed by atoms with E-state index in [0.29, 0.717) is 11.3 Å². The summed E-state index contributed by atoms with van der Waals surface area (Å²) < 4.78 is 25.8. The van der Waals surface area contributed by atoms with Crippen LogP contribution in [0.5, 0.6) is 0 Å². The molecular weight excluding hydrogens is 290 g/mol. The molecule has 1 fully saturated rings. The van der Waals surface area contributed by atoms with Gasteiger partial charge in [-0.25, -0.2) is 8.42 Å². The minimum Gasteiger partial charge on any atom is -0.348 e. The van der Waals surface area contributed by atoms with Crippen LogP contribution in [-0.4, -0.2) is 39.2 Å². The van der Waals surface area contributed by atoms with Gasteiger partial charge < -0.3 is 10.6 Å². The van der Waals surface area contributed by atoms with Crippen molar-refractivity contribution in [3.63, 3.8) is 0 Å². The number of carbonyl (C=O) groups is 1. The molecule has 1 aromatic rings. The van der Waals surface area contributed by atoms with Crippen molar-refractivity contribution >= 4 is 21.6 Å². The zero-order valence-corrected chi connectivity index (χ0v) is 12.9. The van der Waals surface area contributed by atoms with Crippen LogP contribution < -0.4 is 15.4 Å². The summed E-state index contributed by atoms with van der Waals surface area (Å²) in [5.41, 5.74) is 0.667. The van der Waals surface area contributed by atoms with Gasteiger partial charge in [0.2, 0.25) is 10.0 Å². The Kier molecular flexibility index (Phi) is 5.19. The number of anilines is 1. The van der Waals surface area contributed by atoms with Gasteiger partial charge in [-0.15, -0.1) is 0 Å². The molecule has 6 nitrogen and oxygen atoms in total. The predicted octanol–water partition coefficient (Wildman–Crippen LogP) is 0.930. The second-order valence-electron chi connectivity index (χ2n) is 5.07. The average molecular weight is 311 g/mol. The molecule has 0 saturated carbocycles. The quantitative estimate of drug-likeness (QED) is 0.755. The fraction of sp³-hybridized carbons (Fsp3) is 0.500. The van der Waals surface area contributed by atoms with E-state index in [9.17, 15) is 13.2 Å². The predicted molar refractivity (Wildman–Crippen MR) is 82.9 cm³/mol. The van der Waals surface area contributed by atoms with Gasteiger partial charge in [0.05, 0.1) is 17.0 Å². The highest BCUT2D eigenvalue weighted by atomic mass is 32.2. The maximum Gasteiger partial charge on any atom is 0.253 e. The summed E-state index contributed by atoms with van der Waals surface area (Å²) in [5.74, 6) is -0.284. The first kappa shape index (κ1) is 15.8. The Balaban J connectivity index is 2.13. The van der Waals surface area contributed by atoms with Gasteiger partial charge in [0.15, 0.2) is 0 Å². The fourth-order valence-corrected chi connectivity index (χ4v) is 2.91. The third-order valence-electron chi connectivity index (χ3n) is 3.45. The number of sulfonamides is 1. The molecule has 1 aliphatic rings. The van der Waals surface area contributed by atoms with Crippen molar-refractivity contribution < 1.29 is 13.2 Å². The summed E-state index contributed by atoms with van der Waals surface area (Å²) in [5, 5.41) is 6.17. The molecule has 1 atom stereocenters. The molecule has 1 aromatic carbocycles. The third-order valence-corrected chi connectivity index (χ3v) is 4.74. The molecule has 21 heavy (non-hydrogen) atoms. The Hall–Kier alpha value is -1.60. The van der Waals surface area contributed by atoms with Gasteiger partial charge in [-0.2, -0.15) is 0 Å². The highest BCUT2D eigenvalue weighted by Gasteiger charge is 2.19. The lowest BCUT2D eigenvalue weighted by Crippen LogP contribution is -2.45. The Labute approximate surface area is 125 Å². The van der Waals surface area contributed by atoms with E-state index in [4.69, 9.17) is 0 Å². The van der Waals surface area contributed by atoms with E-state index >= 15 is 0 Å². The van der Waals surface area contributed by atoms with Crippen LogP contribution in [0.3, 0.4) is 0 Å². The van der Waals surface area contributed by atoms with Crippen molar-refractivity contribution in [2.75, 3.05) is 23.6 Å². The van der Waals surface area contributed by atoms with Gasteiger partial charge in [-0.1, -0.05) is 12.1 Å². The van der Waals surface area contributed by atoms with Crippen LogP contribution in [0.2, 0.25) is 0 Å². The van der Waals surface area contributed by atoms with Gasteiger partial charge >= 0.3 is 0 Å². The first-order valence-electron chi connectivity index (χ1n) is 7.13. The number of para-hydroxylation sites is 1. The SMILES string of the molecule is CCS(=O)(=O)Nc1ccccc1C(=O)NC1CCCNC1. The number of rotatable bonds is 5. The minimum absolute atomic E-state index is 0.0322. The molecule has 0 radical (unpaired) electrons. The average Bonchev–Trinajstić information content (AvgIpc) is 2.48. The molecule has 7 heteroatoms. The van der Waals surface area contributed by atoms with E-state index < -0.39 is 10.0 Å². The number of piperidine rings is 1. The largest absolute Gasteiger partial charge is 0.348 e. The Morgan fingerprint density at radius 3 is 2.81 bits per heavy atom. The minimum atomic E-state index is -3.40. The van der Waals surface area contributed by atoms with Gasteiger partial charge in [0.25, 0.3) is 5.91 Å². The standard InChI is InChI=1S/C14H21N3O3S/c1-2-21(19,20)17-13-8-4-3-7-12(13)14(18)16-11-6-5-9-15-10-11/h3-4,7-8,11,15,17H,2,5-6,9-10H2,1H3,(H,16,18). The summed E-state index contributed by atoms with van der Waals surface area (Å²) in [6, 6.07) is 6.73. The monoisotopic (exact) mass is 311 g/mol. The van der Waals surface area contributed by atoms with E-state index in [2.05, 4.69) is 15.4 Å². The second kappa shape index (κ2) is 6.91. The molecule has 0 spiro atoms. The van der Waals surface area contributed by atoms with Crippen LogP contribution in [0.25, 0.3) is 0 Å². The summed E-state index contributed by atoms with van der Waals surface area (Å²) in [7, 11) is -3.40. The van der Waals surface area contributed by atoms with Crippen LogP contribution in [0.15, 0.2) is 24.3 Å². The number of hydrogen-bond acceptors (Lipinski definition) is 4. The molecule has 1 amide bonds. The van der Waals surface area contributed by atoms with Crippen molar-refractivity contribution in [2.24, 2.45) is 0 Å². The maximum atomic E-state index is 12.3. The van der Waals surface area contributed by atoms with Crippen molar-refractivity contribution in [3.8, 4) is 0 Å². The lowest BCUT2D eigenvalue weighted by atomic mass is 10.1. The summed E-state index contributed by atoms with van der Waals surface area (Å²) in [6.45, 7) is 3.27. The van der Waals surface area contributed by atoms with Crippen molar-refractivity contribution in [2.45, 2.75) is 25.8 Å². The van der Waals surface area contributed by atoms with Gasteiger partial charge in [0.1, 0.15) is 0 Å². The number of carbonyl (C=O) groups excluding carboxylic acids is 1. The Morgan fingerprint density at radius 2 is 2.14 bits per heavy atom. The molecule has 2 rings (SSSR count). The van der Waals surface area contributed by atoms with Crippen LogP contribution >= 0.6 is 0 Å². The zero-order chi connectivity index (χ0) is 15.3. The van der Waals surface area contributed by atoms with Crippen molar-refractivity contribution in [1.29, 1.82) is 0 Å². The molecule has 116 valence electrons. The third kappa shape index (κ3) is 4.44. The first-order chi connectivity index (χ1) is 10.0. The van der Waals surface area contributed by atoms with Gasteiger partial charge in [-0.05, 0) is 38.4 Å². The Bertz CT molecular complexity index is 595. The zero-order valence-electron chi connectivity index (χ0n) is 12.1. The number of benzene rings is 1. The summed E-state index contributed by atoms with van der Waals surface area (Å²) in [6.07, 6.45) is 1.96. The van der Waals surface area contributed by atoms with E-state index in [-0.39, 0.29) is 17.7 Å². The van der Waals surface area contributed by atoms with E-state index in [1.807, 2.05) is 0 Å². The van der Waals surface area contributed by atoms with Gasteiger partial charge in [0, 0.05) is 12.6 Å². The van der Waals surface area contributed by atoms with E-state index in [0.717, 1.165) is 25.9 Å². The van der Waals surface area contributed by atoms with Gasteiger partial charge in [-0.3, -0.25) is 9.52 Å². The smallest absolute Gasteiger partial charge is 0.253 e. The van der Waals surface area contributed by atoms with Crippen LogP contribution in [0.4, 0.5) is 5.69 Å². The van der Waals surface area contributed by atoms with Crippen molar-refractivity contribution in [1.82, 2.24) is 10.6 Å². The molecule has 0 aliphatic carbocycles. The highest BCUT2D eigenvalue weighted by Crippen LogP contribution is 2.17. The molecule has 0 aromatic heterocycles. The molecule has 1 heterocycles. The van der Waals surface area contributed by atoms with Crippen LogP contribution in [0, 0.1) is 0 Å². The second-order valence-corrected chi connectivity index (χ2v) is 7.08. The van der Waals surface area contributed by atoms with Crippen LogP contribution in [-0.2, 0) is 10.0 Å². The molecular formula is C14H21N3O3S. The summed E-state index contributed by atoms with van der Waals surface area (Å²) in [4.78, 5) is 12.3. The normalized spacial score (nSPS) is 19.0. The molecule has 0 bridgehead atoms. The number of amides is 1. The van der Waals surface area contributed by atoms with Crippen LogP contribution in [0.1, 0.15) is 30.1 Å². The topological polar surface area (TPSA) is 87.3 Å². The molecule has 3 N–H and O–H groups in total. The van der Waals surface area contributed by atoms with E-state index in [1.165, 1.54) is 0 Å². The molecule has 1 aliphatic heterocycles. The highest BCUT2D eigenvalue weighted by molar-refractivity contribution is 7.92. The maximum absolute atomic E-state index is 12.3. The molecule has 1 unspecified atom stereocenters. The number of nitrogens with one attached hydrogen (secondary N) is 3. The lowest BCUT2D eigenvalue weighted by Gasteiger charge is -2.24. The fourth-order valence-electron chi connectivity index (χ4n) is 2.25. The lowest BCUT2D eigenvalue weighted by molar-refractivity contribution is 0.0931. The van der Waals surface area contributed by atoms with Crippen molar-refractivity contribution in [3.05, 3.63) is 29.8 Å². The first-order valence-corrected chi connectivity index (χ1v) is 8.78. The molecule has 1 saturated heterocycles. The van der Waals surface area contributed by atoms with E-state index in [1.54, 1.807) is 31.2 Å². The number of hydrogen-bond donors (Lipinski definition) is 3. The summed E-state index contributed by atoms with van der Waals surface area (Å²) >= 11 is 0.